The number of anilines is 2. The van der Waals surface area contributed by atoms with Gasteiger partial charge in [0.1, 0.15) is 0 Å². The summed E-state index contributed by atoms with van der Waals surface area (Å²) < 4.78 is 0. The number of nitrogens with one attached hydrogen (secondary N) is 1. The van der Waals surface area contributed by atoms with Gasteiger partial charge in [-0.1, -0.05) is 12.1 Å². The summed E-state index contributed by atoms with van der Waals surface area (Å²) in [6.07, 6.45) is -0.562. The van der Waals surface area contributed by atoms with Crippen LogP contribution in [-0.4, -0.2) is 16.8 Å². The van der Waals surface area contributed by atoms with Gasteiger partial charge in [0.2, 0.25) is 5.91 Å². The lowest BCUT2D eigenvalue weighted by Gasteiger charge is -2.11. The van der Waals surface area contributed by atoms with Gasteiger partial charge in [-0.3, -0.25) is 4.79 Å². The molecule has 0 fully saturated rings. The Morgan fingerprint density at radius 2 is 2.00 bits per heavy atom. The molecule has 0 aliphatic carbocycles. The Morgan fingerprint density at radius 1 is 1.29 bits per heavy atom. The zero-order valence-corrected chi connectivity index (χ0v) is 12.6. The van der Waals surface area contributed by atoms with Crippen molar-refractivity contribution in [2.24, 2.45) is 0 Å². The number of amides is 1. The number of hydrogen-bond acceptors (Lipinski definition) is 4. The summed E-state index contributed by atoms with van der Waals surface area (Å²) in [7, 11) is 0. The van der Waals surface area contributed by atoms with E-state index in [1.54, 1.807) is 23.9 Å². The van der Waals surface area contributed by atoms with Crippen LogP contribution in [0.4, 0.5) is 11.4 Å². The molecule has 0 heterocycles. The van der Waals surface area contributed by atoms with Crippen LogP contribution in [0.15, 0.2) is 53.4 Å². The number of carbonyl (C=O) groups is 1. The highest BCUT2D eigenvalue weighted by atomic mass is 32.2. The third kappa shape index (κ3) is 4.81. The Balaban J connectivity index is 1.92. The van der Waals surface area contributed by atoms with Gasteiger partial charge in [0.15, 0.2) is 0 Å². The first-order valence-corrected chi connectivity index (χ1v) is 7.57. The second-order valence-electron chi connectivity index (χ2n) is 4.70. The van der Waals surface area contributed by atoms with E-state index in [2.05, 4.69) is 5.32 Å². The second kappa shape index (κ2) is 7.15. The molecule has 2 rings (SSSR count). The number of nitrogen functional groups attached to an aromatic ring is 1. The summed E-state index contributed by atoms with van der Waals surface area (Å²) in [4.78, 5) is 12.0. The lowest BCUT2D eigenvalue weighted by Crippen LogP contribution is -2.05. The van der Waals surface area contributed by atoms with E-state index in [0.717, 1.165) is 16.1 Å². The fourth-order valence-corrected chi connectivity index (χ4v) is 2.75. The maximum atomic E-state index is 10.9. The van der Waals surface area contributed by atoms with E-state index in [9.17, 15) is 9.90 Å². The van der Waals surface area contributed by atoms with Crippen molar-refractivity contribution in [2.45, 2.75) is 17.9 Å². The maximum absolute atomic E-state index is 10.9. The molecule has 0 saturated heterocycles. The first-order valence-electron chi connectivity index (χ1n) is 6.58. The average molecular weight is 302 g/mol. The fourth-order valence-electron chi connectivity index (χ4n) is 1.88. The Kier molecular flexibility index (Phi) is 5.25. The van der Waals surface area contributed by atoms with Crippen LogP contribution in [0.2, 0.25) is 0 Å². The van der Waals surface area contributed by atoms with Gasteiger partial charge in [0.25, 0.3) is 0 Å². The van der Waals surface area contributed by atoms with Gasteiger partial charge in [0.05, 0.1) is 6.10 Å². The number of hydrogen-bond donors (Lipinski definition) is 3. The normalized spacial score (nSPS) is 11.9. The van der Waals surface area contributed by atoms with Gasteiger partial charge in [0, 0.05) is 28.9 Å². The summed E-state index contributed by atoms with van der Waals surface area (Å²) in [6, 6.07) is 14.8. The summed E-state index contributed by atoms with van der Waals surface area (Å²) in [5.74, 6) is 0.454. The lowest BCUT2D eigenvalue weighted by atomic mass is 10.1. The number of carbonyl (C=O) groups excluding carboxylic acids is 1. The molecule has 21 heavy (non-hydrogen) atoms. The molecule has 0 saturated carbocycles. The van der Waals surface area contributed by atoms with Crippen LogP contribution in [-0.2, 0) is 4.79 Å². The van der Waals surface area contributed by atoms with Crippen LogP contribution >= 0.6 is 11.8 Å². The third-order valence-corrected chi connectivity index (χ3v) is 3.97. The number of aliphatic hydroxyl groups excluding tert-OH is 1. The number of nitrogens with two attached hydrogens (primary N) is 1. The van der Waals surface area contributed by atoms with Gasteiger partial charge in [-0.05, 0) is 42.0 Å². The Labute approximate surface area is 128 Å². The number of thioether (sulfide) groups is 1. The molecule has 1 amide bonds. The smallest absolute Gasteiger partial charge is 0.221 e. The van der Waals surface area contributed by atoms with Crippen molar-refractivity contribution >= 4 is 29.0 Å². The summed E-state index contributed by atoms with van der Waals surface area (Å²) in [6.45, 7) is 1.48. The van der Waals surface area contributed by atoms with Gasteiger partial charge >= 0.3 is 0 Å². The molecule has 1 unspecified atom stereocenters. The third-order valence-electron chi connectivity index (χ3n) is 2.88. The number of aliphatic hydroxyl groups is 1. The molecule has 2 aromatic rings. The van der Waals surface area contributed by atoms with E-state index in [1.165, 1.54) is 6.92 Å². The van der Waals surface area contributed by atoms with Crippen LogP contribution in [0, 0.1) is 0 Å². The van der Waals surface area contributed by atoms with Gasteiger partial charge < -0.3 is 16.2 Å². The van der Waals surface area contributed by atoms with Crippen molar-refractivity contribution < 1.29 is 9.90 Å². The van der Waals surface area contributed by atoms with Gasteiger partial charge in [-0.15, -0.1) is 11.8 Å². The van der Waals surface area contributed by atoms with Crippen molar-refractivity contribution in [3.05, 3.63) is 54.1 Å². The molecular weight excluding hydrogens is 284 g/mol. The minimum atomic E-state index is -0.562. The van der Waals surface area contributed by atoms with Gasteiger partial charge in [-0.2, -0.15) is 0 Å². The van der Waals surface area contributed by atoms with E-state index in [0.29, 0.717) is 11.4 Å². The highest BCUT2D eigenvalue weighted by molar-refractivity contribution is 7.99. The molecular formula is C16H18N2O2S. The molecule has 0 aliphatic rings. The van der Waals surface area contributed by atoms with E-state index >= 15 is 0 Å². The molecule has 0 aromatic heterocycles. The standard InChI is InChI=1S/C16H18N2O2S/c1-11(19)18-14-5-7-15(8-6-14)21-10-16(20)12-3-2-4-13(17)9-12/h2-9,16,20H,10,17H2,1H3,(H,18,19). The Morgan fingerprint density at radius 3 is 2.62 bits per heavy atom. The molecule has 4 N–H and O–H groups in total. The van der Waals surface area contributed by atoms with Crippen LogP contribution in [0.5, 0.6) is 0 Å². The minimum Gasteiger partial charge on any atom is -0.399 e. The largest absolute Gasteiger partial charge is 0.399 e. The van der Waals surface area contributed by atoms with E-state index in [1.807, 2.05) is 36.4 Å². The Bertz CT molecular complexity index is 614. The first-order chi connectivity index (χ1) is 10.0. The molecule has 5 heteroatoms. The topological polar surface area (TPSA) is 75.3 Å². The number of rotatable bonds is 5. The average Bonchev–Trinajstić information content (AvgIpc) is 2.45. The van der Waals surface area contributed by atoms with Gasteiger partial charge in [-0.25, -0.2) is 0 Å². The molecule has 0 spiro atoms. The summed E-state index contributed by atoms with van der Waals surface area (Å²) >= 11 is 1.55. The molecule has 0 radical (unpaired) electrons. The molecule has 110 valence electrons. The maximum Gasteiger partial charge on any atom is 0.221 e. The summed E-state index contributed by atoms with van der Waals surface area (Å²) in [5.41, 5.74) is 7.94. The van der Waals surface area contributed by atoms with Crippen molar-refractivity contribution in [2.75, 3.05) is 16.8 Å². The van der Waals surface area contributed by atoms with Crippen LogP contribution in [0.1, 0.15) is 18.6 Å². The van der Waals surface area contributed by atoms with Crippen molar-refractivity contribution in [3.8, 4) is 0 Å². The zero-order valence-electron chi connectivity index (χ0n) is 11.7. The second-order valence-corrected chi connectivity index (χ2v) is 5.80. The molecule has 2 aromatic carbocycles. The summed E-state index contributed by atoms with van der Waals surface area (Å²) in [5, 5.41) is 12.9. The fraction of sp³-hybridized carbons (Fsp3) is 0.188. The molecule has 0 bridgehead atoms. The highest BCUT2D eigenvalue weighted by Gasteiger charge is 2.08. The predicted octanol–water partition coefficient (Wildman–Crippen LogP) is 3.05. The minimum absolute atomic E-state index is 0.0903. The van der Waals surface area contributed by atoms with E-state index < -0.39 is 6.10 Å². The molecule has 1 atom stereocenters. The van der Waals surface area contributed by atoms with Crippen LogP contribution in [0.25, 0.3) is 0 Å². The van der Waals surface area contributed by atoms with Crippen molar-refractivity contribution in [1.82, 2.24) is 0 Å². The van der Waals surface area contributed by atoms with Crippen molar-refractivity contribution in [3.63, 3.8) is 0 Å². The number of benzene rings is 2. The molecule has 4 nitrogen and oxygen atoms in total. The SMILES string of the molecule is CC(=O)Nc1ccc(SCC(O)c2cccc(N)c2)cc1. The Hall–Kier alpha value is -1.98. The predicted molar refractivity (Wildman–Crippen MR) is 87.3 cm³/mol. The van der Waals surface area contributed by atoms with E-state index in [4.69, 9.17) is 5.73 Å². The quantitative estimate of drug-likeness (QED) is 0.586. The van der Waals surface area contributed by atoms with Crippen LogP contribution < -0.4 is 11.1 Å². The molecule has 0 aliphatic heterocycles. The van der Waals surface area contributed by atoms with E-state index in [-0.39, 0.29) is 5.91 Å². The monoisotopic (exact) mass is 302 g/mol. The highest BCUT2D eigenvalue weighted by Crippen LogP contribution is 2.26. The lowest BCUT2D eigenvalue weighted by molar-refractivity contribution is -0.114. The van der Waals surface area contributed by atoms with Crippen molar-refractivity contribution in [1.29, 1.82) is 0 Å². The first kappa shape index (κ1) is 15.4. The van der Waals surface area contributed by atoms with Crippen LogP contribution in [0.3, 0.4) is 0 Å². The zero-order chi connectivity index (χ0) is 15.2.